The normalized spacial score (nSPS) is 18.1. The molecule has 16 heteroatoms. The van der Waals surface area contributed by atoms with Gasteiger partial charge in [0.2, 0.25) is 5.91 Å². The molecule has 0 spiro atoms. The van der Waals surface area contributed by atoms with Crippen molar-refractivity contribution >= 4 is 41.6 Å². The smallest absolute Gasteiger partial charge is 0.409 e. The zero-order chi connectivity index (χ0) is 36.5. The summed E-state index contributed by atoms with van der Waals surface area (Å²) in [6.07, 6.45) is 5.86. The summed E-state index contributed by atoms with van der Waals surface area (Å²) in [5.74, 6) is -0.367. The van der Waals surface area contributed by atoms with Gasteiger partial charge in [-0.1, -0.05) is 12.7 Å². The maximum absolute atomic E-state index is 13.6. The number of alkyl halides is 2. The molecule has 1 aromatic heterocycles. The Bertz CT molecular complexity index is 1630. The molecule has 276 valence electrons. The third-order valence-electron chi connectivity index (χ3n) is 9.09. The number of hydrogen-bond acceptors (Lipinski definition) is 10. The number of ether oxygens (including phenoxy) is 3. The van der Waals surface area contributed by atoms with Crippen molar-refractivity contribution in [1.29, 1.82) is 0 Å². The van der Waals surface area contributed by atoms with Crippen molar-refractivity contribution in [2.75, 3.05) is 71.5 Å². The van der Waals surface area contributed by atoms with Gasteiger partial charge in [-0.25, -0.2) is 4.79 Å². The second-order valence-corrected chi connectivity index (χ2v) is 13.9. The lowest BCUT2D eigenvalue weighted by Crippen LogP contribution is -2.50. The zero-order valence-electron chi connectivity index (χ0n) is 29.2. The largest absolute Gasteiger partial charge is 0.453 e. The Balaban J connectivity index is 1.33. The van der Waals surface area contributed by atoms with Crippen LogP contribution in [0.3, 0.4) is 0 Å². The fourth-order valence-electron chi connectivity index (χ4n) is 6.30. The molecule has 0 aliphatic carbocycles. The predicted molar refractivity (Wildman–Crippen MR) is 190 cm³/mol. The SMILES string of the molecule is C=C/C(C(=O)Nc1cn(CC(=O)N2CCC(CN3CCN(C(=O)OC)CC3)CC2)nc1-c1cc(SC2COC2)ccc1OC(F)F)=C(\C)N=CC. The minimum Gasteiger partial charge on any atom is -0.453 e. The number of halogens is 2. The van der Waals surface area contributed by atoms with E-state index in [0.29, 0.717) is 51.0 Å². The second-order valence-electron chi connectivity index (χ2n) is 12.5. The number of carbonyl (C=O) groups excluding carboxylic acids is 3. The molecule has 4 heterocycles. The van der Waals surface area contributed by atoms with Crippen LogP contribution in [0.5, 0.6) is 5.75 Å². The first-order chi connectivity index (χ1) is 24.6. The van der Waals surface area contributed by atoms with E-state index in [4.69, 9.17) is 14.2 Å². The van der Waals surface area contributed by atoms with Crippen molar-refractivity contribution in [2.24, 2.45) is 10.9 Å². The van der Waals surface area contributed by atoms with E-state index in [1.807, 2.05) is 0 Å². The number of nitrogens with one attached hydrogen (secondary N) is 1. The number of amides is 3. The number of benzene rings is 1. The molecule has 0 atom stereocenters. The van der Waals surface area contributed by atoms with Crippen molar-refractivity contribution in [2.45, 2.75) is 50.0 Å². The molecule has 0 saturated carbocycles. The summed E-state index contributed by atoms with van der Waals surface area (Å²) in [6, 6.07) is 4.85. The number of allylic oxidation sites excluding steroid dienone is 1. The topological polar surface area (TPSA) is 131 Å². The summed E-state index contributed by atoms with van der Waals surface area (Å²) < 4.78 is 43.6. The van der Waals surface area contributed by atoms with Crippen LogP contribution in [0, 0.1) is 5.92 Å². The molecule has 1 aromatic carbocycles. The van der Waals surface area contributed by atoms with Crippen molar-refractivity contribution in [1.82, 2.24) is 24.5 Å². The minimum absolute atomic E-state index is 0.119. The lowest BCUT2D eigenvalue weighted by molar-refractivity contribution is -0.133. The third-order valence-corrected chi connectivity index (χ3v) is 10.2. The number of anilines is 1. The molecular formula is C35H45F2N7O6S. The van der Waals surface area contributed by atoms with Crippen LogP contribution in [0.1, 0.15) is 26.7 Å². The van der Waals surface area contributed by atoms with Crippen LogP contribution >= 0.6 is 11.8 Å². The van der Waals surface area contributed by atoms with Crippen LogP contribution in [0.4, 0.5) is 19.3 Å². The lowest BCUT2D eigenvalue weighted by Gasteiger charge is -2.38. The highest BCUT2D eigenvalue weighted by Gasteiger charge is 2.29. The number of carbonyl (C=O) groups is 3. The summed E-state index contributed by atoms with van der Waals surface area (Å²) in [5, 5.41) is 7.71. The highest BCUT2D eigenvalue weighted by Crippen LogP contribution is 2.39. The van der Waals surface area contributed by atoms with E-state index in [1.54, 1.807) is 53.8 Å². The van der Waals surface area contributed by atoms with Crippen molar-refractivity contribution < 1.29 is 37.4 Å². The minimum atomic E-state index is -3.10. The molecule has 1 N–H and O–H groups in total. The van der Waals surface area contributed by atoms with Gasteiger partial charge < -0.3 is 29.3 Å². The summed E-state index contributed by atoms with van der Waals surface area (Å²) >= 11 is 1.54. The molecule has 51 heavy (non-hydrogen) atoms. The number of piperidine rings is 1. The van der Waals surface area contributed by atoms with E-state index in [1.165, 1.54) is 30.1 Å². The lowest BCUT2D eigenvalue weighted by atomic mass is 9.96. The number of aliphatic imine (C=N–C) groups is 1. The van der Waals surface area contributed by atoms with Crippen molar-refractivity contribution in [3.63, 3.8) is 0 Å². The zero-order valence-corrected chi connectivity index (χ0v) is 30.0. The van der Waals surface area contributed by atoms with Gasteiger partial charge in [0, 0.05) is 74.4 Å². The first-order valence-electron chi connectivity index (χ1n) is 17.0. The molecule has 3 saturated heterocycles. The van der Waals surface area contributed by atoms with Crippen molar-refractivity contribution in [3.8, 4) is 17.0 Å². The Morgan fingerprint density at radius 3 is 2.47 bits per heavy atom. The Hall–Kier alpha value is -4.28. The average Bonchev–Trinajstić information content (AvgIpc) is 3.48. The molecule has 3 aliphatic heterocycles. The quantitative estimate of drug-likeness (QED) is 0.176. The molecule has 5 rings (SSSR count). The maximum atomic E-state index is 13.6. The van der Waals surface area contributed by atoms with Gasteiger partial charge in [-0.05, 0) is 50.8 Å². The third kappa shape index (κ3) is 9.95. The maximum Gasteiger partial charge on any atom is 0.409 e. The Morgan fingerprint density at radius 1 is 1.14 bits per heavy atom. The molecular weight excluding hydrogens is 684 g/mol. The molecule has 0 radical (unpaired) electrons. The molecule has 3 aliphatic rings. The molecule has 2 aromatic rings. The van der Waals surface area contributed by atoms with Gasteiger partial charge in [-0.15, -0.1) is 11.8 Å². The van der Waals surface area contributed by atoms with Gasteiger partial charge in [-0.3, -0.25) is 24.2 Å². The summed E-state index contributed by atoms with van der Waals surface area (Å²) in [4.78, 5) is 49.7. The fourth-order valence-corrected chi connectivity index (χ4v) is 7.35. The van der Waals surface area contributed by atoms with E-state index in [0.717, 1.165) is 37.4 Å². The number of thioether (sulfide) groups is 1. The monoisotopic (exact) mass is 729 g/mol. The predicted octanol–water partition coefficient (Wildman–Crippen LogP) is 4.75. The molecule has 0 bridgehead atoms. The van der Waals surface area contributed by atoms with Crippen LogP contribution in [0.25, 0.3) is 11.3 Å². The van der Waals surface area contributed by atoms with Gasteiger partial charge in [0.25, 0.3) is 5.91 Å². The van der Waals surface area contributed by atoms with E-state index in [-0.39, 0.29) is 52.1 Å². The number of likely N-dealkylation sites (tertiary alicyclic amines) is 1. The van der Waals surface area contributed by atoms with Gasteiger partial charge in [0.15, 0.2) is 0 Å². The number of piperazine rings is 1. The first-order valence-corrected chi connectivity index (χ1v) is 17.8. The second kappa shape index (κ2) is 17.8. The highest BCUT2D eigenvalue weighted by atomic mass is 32.2. The number of rotatable bonds is 13. The number of aromatic nitrogens is 2. The van der Waals surface area contributed by atoms with Crippen molar-refractivity contribution in [3.05, 3.63) is 48.3 Å². The molecule has 13 nitrogen and oxygen atoms in total. The average molecular weight is 730 g/mol. The van der Waals surface area contributed by atoms with E-state index in [9.17, 15) is 23.2 Å². The molecule has 0 unspecified atom stereocenters. The van der Waals surface area contributed by atoms with E-state index >= 15 is 0 Å². The summed E-state index contributed by atoms with van der Waals surface area (Å²) in [5.41, 5.74) is 1.27. The highest BCUT2D eigenvalue weighted by molar-refractivity contribution is 8.00. The van der Waals surface area contributed by atoms with Gasteiger partial charge >= 0.3 is 12.7 Å². The van der Waals surface area contributed by atoms with Gasteiger partial charge in [0.1, 0.15) is 18.0 Å². The number of methoxy groups -OCH3 is 1. The Kier molecular flexibility index (Phi) is 13.2. The number of nitrogens with zero attached hydrogens (tertiary/aromatic N) is 6. The Labute approximate surface area is 300 Å². The van der Waals surface area contributed by atoms with Crippen LogP contribution in [0.2, 0.25) is 0 Å². The van der Waals surface area contributed by atoms with Gasteiger partial charge in [0.05, 0.1) is 36.8 Å². The van der Waals surface area contributed by atoms with E-state index < -0.39 is 12.5 Å². The van der Waals surface area contributed by atoms with Crippen LogP contribution in [0.15, 0.2) is 58.2 Å². The Morgan fingerprint density at radius 2 is 1.86 bits per heavy atom. The van der Waals surface area contributed by atoms with E-state index in [2.05, 4.69) is 26.9 Å². The van der Waals surface area contributed by atoms with Crippen LogP contribution in [-0.2, 0) is 25.6 Å². The van der Waals surface area contributed by atoms with Crippen LogP contribution in [-0.4, -0.2) is 127 Å². The fraction of sp³-hybridized carbons (Fsp3) is 0.514. The number of hydrogen-bond donors (Lipinski definition) is 1. The molecule has 3 fully saturated rings. The summed E-state index contributed by atoms with van der Waals surface area (Å²) in [6.45, 7) is 10.00. The first kappa shape index (κ1) is 38.0. The van der Waals surface area contributed by atoms with Crippen LogP contribution < -0.4 is 10.1 Å². The summed E-state index contributed by atoms with van der Waals surface area (Å²) in [7, 11) is 1.39. The standard InChI is InChI=1S/C35H45F2N7O6S/c1-5-27(23(3)38-6-2)33(46)39-29-19-44(40-32(29)28-17-25(51-26-21-49-22-26)7-8-30(28)50-34(36)37)20-31(45)42-11-9-24(10-12-42)18-41-13-15-43(16-14-41)35(47)48-4/h5-8,17,19,24,26,34H,1,9-16,18,20-22H2,2-4H3,(H,39,46)/b27-23-,38-6?. The van der Waals surface area contributed by atoms with Gasteiger partial charge in [-0.2, -0.15) is 13.9 Å². The molecule has 3 amide bonds.